The molecule has 1 aromatic heterocycles. The summed E-state index contributed by atoms with van der Waals surface area (Å²) in [6, 6.07) is 11.7. The van der Waals surface area contributed by atoms with E-state index < -0.39 is 6.10 Å². The lowest BCUT2D eigenvalue weighted by molar-refractivity contribution is 0.174. The van der Waals surface area contributed by atoms with Crippen molar-refractivity contribution in [1.82, 2.24) is 10.3 Å². The zero-order valence-corrected chi connectivity index (χ0v) is 11.5. The maximum atomic E-state index is 9.97. The standard InChI is InChI=1S/C14H15BrN2O/c15-13-4-2-1-3-12(13)9-17-10-14(18)11-5-7-16-8-6-11/h1-8,14,17-18H,9-10H2. The van der Waals surface area contributed by atoms with Gasteiger partial charge in [-0.15, -0.1) is 0 Å². The number of halogens is 1. The zero-order chi connectivity index (χ0) is 12.8. The van der Waals surface area contributed by atoms with Crippen LogP contribution in [0.15, 0.2) is 53.3 Å². The van der Waals surface area contributed by atoms with Gasteiger partial charge >= 0.3 is 0 Å². The van der Waals surface area contributed by atoms with Gasteiger partial charge < -0.3 is 10.4 Å². The Labute approximate surface area is 115 Å². The van der Waals surface area contributed by atoms with Crippen LogP contribution in [-0.2, 0) is 6.54 Å². The molecule has 0 bridgehead atoms. The van der Waals surface area contributed by atoms with E-state index in [4.69, 9.17) is 0 Å². The van der Waals surface area contributed by atoms with E-state index in [-0.39, 0.29) is 0 Å². The fraction of sp³-hybridized carbons (Fsp3) is 0.214. The summed E-state index contributed by atoms with van der Waals surface area (Å²) in [6.07, 6.45) is 2.87. The smallest absolute Gasteiger partial charge is 0.0915 e. The molecule has 0 saturated heterocycles. The van der Waals surface area contributed by atoms with E-state index in [9.17, 15) is 5.11 Å². The second kappa shape index (κ2) is 6.64. The SMILES string of the molecule is OC(CNCc1ccccc1Br)c1ccncc1. The lowest BCUT2D eigenvalue weighted by Crippen LogP contribution is -2.21. The highest BCUT2D eigenvalue weighted by Crippen LogP contribution is 2.16. The van der Waals surface area contributed by atoms with Crippen molar-refractivity contribution in [2.45, 2.75) is 12.6 Å². The highest BCUT2D eigenvalue weighted by Gasteiger charge is 2.06. The molecule has 1 heterocycles. The number of pyridine rings is 1. The van der Waals surface area contributed by atoms with Crippen LogP contribution >= 0.6 is 15.9 Å². The lowest BCUT2D eigenvalue weighted by Gasteiger charge is -2.12. The van der Waals surface area contributed by atoms with Crippen molar-refractivity contribution in [3.8, 4) is 0 Å². The van der Waals surface area contributed by atoms with E-state index in [2.05, 4.69) is 32.3 Å². The molecule has 0 aliphatic carbocycles. The number of rotatable bonds is 5. The molecular formula is C14H15BrN2O. The molecule has 4 heteroatoms. The minimum atomic E-state index is -0.504. The fourth-order valence-corrected chi connectivity index (χ4v) is 2.11. The van der Waals surface area contributed by atoms with E-state index >= 15 is 0 Å². The van der Waals surface area contributed by atoms with Crippen molar-refractivity contribution in [3.63, 3.8) is 0 Å². The van der Waals surface area contributed by atoms with Crippen LogP contribution in [0.1, 0.15) is 17.2 Å². The van der Waals surface area contributed by atoms with Crippen molar-refractivity contribution in [1.29, 1.82) is 0 Å². The molecule has 1 aromatic carbocycles. The molecule has 3 nitrogen and oxygen atoms in total. The molecule has 0 saturated carbocycles. The average molecular weight is 307 g/mol. The van der Waals surface area contributed by atoms with E-state index in [1.165, 1.54) is 5.56 Å². The van der Waals surface area contributed by atoms with E-state index in [1.54, 1.807) is 12.4 Å². The first-order valence-electron chi connectivity index (χ1n) is 5.79. The van der Waals surface area contributed by atoms with Crippen LogP contribution in [0, 0.1) is 0 Å². The number of hydrogen-bond acceptors (Lipinski definition) is 3. The van der Waals surface area contributed by atoms with Crippen molar-refractivity contribution >= 4 is 15.9 Å². The first-order valence-corrected chi connectivity index (χ1v) is 6.59. The summed E-state index contributed by atoms with van der Waals surface area (Å²) in [6.45, 7) is 1.24. The Morgan fingerprint density at radius 3 is 2.61 bits per heavy atom. The van der Waals surface area contributed by atoms with Gasteiger partial charge in [0.1, 0.15) is 0 Å². The number of hydrogen-bond donors (Lipinski definition) is 2. The van der Waals surface area contributed by atoms with Crippen LogP contribution in [0.2, 0.25) is 0 Å². The number of aliphatic hydroxyl groups is 1. The minimum absolute atomic E-state index is 0.504. The Bertz CT molecular complexity index is 490. The van der Waals surface area contributed by atoms with Gasteiger partial charge in [0.15, 0.2) is 0 Å². The molecule has 0 aliphatic heterocycles. The molecule has 0 aliphatic rings. The van der Waals surface area contributed by atoms with Gasteiger partial charge in [-0.1, -0.05) is 34.1 Å². The first-order chi connectivity index (χ1) is 8.77. The Kier molecular flexibility index (Phi) is 4.87. The molecule has 2 aromatic rings. The third-order valence-electron chi connectivity index (χ3n) is 2.70. The van der Waals surface area contributed by atoms with Crippen molar-refractivity contribution < 1.29 is 5.11 Å². The Morgan fingerprint density at radius 2 is 1.89 bits per heavy atom. The molecule has 0 fully saturated rings. The quantitative estimate of drug-likeness (QED) is 0.892. The summed E-state index contributed by atoms with van der Waals surface area (Å²) in [5.41, 5.74) is 2.06. The summed E-state index contributed by atoms with van der Waals surface area (Å²) in [4.78, 5) is 3.93. The van der Waals surface area contributed by atoms with Gasteiger partial charge in [0.25, 0.3) is 0 Å². The Morgan fingerprint density at radius 1 is 1.17 bits per heavy atom. The van der Waals surface area contributed by atoms with Crippen LogP contribution in [0.4, 0.5) is 0 Å². The van der Waals surface area contributed by atoms with Crippen molar-refractivity contribution in [2.24, 2.45) is 0 Å². The monoisotopic (exact) mass is 306 g/mol. The summed E-state index contributed by atoms with van der Waals surface area (Å²) in [5.74, 6) is 0. The summed E-state index contributed by atoms with van der Waals surface area (Å²) in [7, 11) is 0. The average Bonchev–Trinajstić information content (AvgIpc) is 2.42. The van der Waals surface area contributed by atoms with Crippen LogP contribution in [0.5, 0.6) is 0 Å². The number of nitrogens with one attached hydrogen (secondary N) is 1. The molecule has 18 heavy (non-hydrogen) atoms. The van der Waals surface area contributed by atoms with E-state index in [0.717, 1.165) is 16.6 Å². The van der Waals surface area contributed by atoms with Gasteiger partial charge in [0.2, 0.25) is 0 Å². The normalized spacial score (nSPS) is 12.3. The topological polar surface area (TPSA) is 45.1 Å². The molecule has 1 atom stereocenters. The van der Waals surface area contributed by atoms with Gasteiger partial charge in [-0.3, -0.25) is 4.98 Å². The molecule has 2 N–H and O–H groups in total. The van der Waals surface area contributed by atoms with Crippen LogP contribution in [0.25, 0.3) is 0 Å². The fourth-order valence-electron chi connectivity index (χ4n) is 1.69. The third kappa shape index (κ3) is 3.63. The van der Waals surface area contributed by atoms with Gasteiger partial charge in [0, 0.05) is 30.0 Å². The van der Waals surface area contributed by atoms with E-state index in [0.29, 0.717) is 6.54 Å². The summed E-state index contributed by atoms with van der Waals surface area (Å²) >= 11 is 3.50. The molecule has 94 valence electrons. The Balaban J connectivity index is 1.84. The second-order valence-corrected chi connectivity index (χ2v) is 4.87. The molecular weight excluding hydrogens is 292 g/mol. The number of aromatic nitrogens is 1. The largest absolute Gasteiger partial charge is 0.387 e. The maximum absolute atomic E-state index is 9.97. The van der Waals surface area contributed by atoms with Gasteiger partial charge in [-0.05, 0) is 29.3 Å². The minimum Gasteiger partial charge on any atom is -0.387 e. The van der Waals surface area contributed by atoms with Crippen LogP contribution in [-0.4, -0.2) is 16.6 Å². The van der Waals surface area contributed by atoms with Gasteiger partial charge in [0.05, 0.1) is 6.10 Å². The highest BCUT2D eigenvalue weighted by atomic mass is 79.9. The van der Waals surface area contributed by atoms with E-state index in [1.807, 2.05) is 30.3 Å². The summed E-state index contributed by atoms with van der Waals surface area (Å²) < 4.78 is 1.08. The van der Waals surface area contributed by atoms with Gasteiger partial charge in [-0.25, -0.2) is 0 Å². The number of benzene rings is 1. The van der Waals surface area contributed by atoms with Crippen LogP contribution in [0.3, 0.4) is 0 Å². The number of nitrogens with zero attached hydrogens (tertiary/aromatic N) is 1. The first kappa shape index (κ1) is 13.2. The van der Waals surface area contributed by atoms with Gasteiger partial charge in [-0.2, -0.15) is 0 Å². The predicted octanol–water partition coefficient (Wildman–Crippen LogP) is 2.67. The maximum Gasteiger partial charge on any atom is 0.0915 e. The molecule has 0 spiro atoms. The summed E-state index contributed by atoms with van der Waals surface area (Å²) in [5, 5.41) is 13.2. The molecule has 0 amide bonds. The van der Waals surface area contributed by atoms with Crippen molar-refractivity contribution in [2.75, 3.05) is 6.54 Å². The zero-order valence-electron chi connectivity index (χ0n) is 9.88. The lowest BCUT2D eigenvalue weighted by atomic mass is 10.1. The highest BCUT2D eigenvalue weighted by molar-refractivity contribution is 9.10. The van der Waals surface area contributed by atoms with Crippen LogP contribution < -0.4 is 5.32 Å². The third-order valence-corrected chi connectivity index (χ3v) is 3.48. The molecule has 0 radical (unpaired) electrons. The molecule has 1 unspecified atom stereocenters. The van der Waals surface area contributed by atoms with Crippen molar-refractivity contribution in [3.05, 3.63) is 64.4 Å². The number of aliphatic hydroxyl groups excluding tert-OH is 1. The Hall–Kier alpha value is -1.23. The molecule has 2 rings (SSSR count). The predicted molar refractivity (Wildman–Crippen MR) is 75.0 cm³/mol. The second-order valence-electron chi connectivity index (χ2n) is 4.02.